The van der Waals surface area contributed by atoms with Gasteiger partial charge in [0, 0.05) is 53.9 Å². The molecular weight excluding hydrogens is 886 g/mol. The molecule has 8 rings (SSSR count). The summed E-state index contributed by atoms with van der Waals surface area (Å²) in [5, 5.41) is 44.7. The normalized spacial score (nSPS) is 10.6. The number of para-hydroxylation sites is 2. The zero-order valence-corrected chi connectivity index (χ0v) is 36.1. The summed E-state index contributed by atoms with van der Waals surface area (Å²) in [5.74, 6) is -0.617. The lowest BCUT2D eigenvalue weighted by atomic mass is 9.90. The Morgan fingerprint density at radius 2 is 0.841 bits per heavy atom. The standard InChI is InChI=1S/C23H16O6.2C13H11Cl2NO/c24-20-16(14-7-3-1-5-12(14)9-18(20)22(26)27)11-17-15-8-4-2-6-13(15)10-19(21(17)25)23(28)29;2*14-11-6-5-10(7-12(11)15)17-13-4-2-1-3-9(13)8-16/h1-10,24-25H,11H2,(H,26,27)(H,28,29);2*1-7H,8,16H2. The van der Waals surface area contributed by atoms with Crippen LogP contribution in [0.4, 0.5) is 0 Å². The predicted molar refractivity (Wildman–Crippen MR) is 250 cm³/mol. The van der Waals surface area contributed by atoms with Gasteiger partial charge in [0.25, 0.3) is 0 Å². The van der Waals surface area contributed by atoms with Crippen LogP contribution in [0.25, 0.3) is 21.5 Å². The number of nitrogens with two attached hydrogens (primary N) is 2. The monoisotopic (exact) mass is 922 g/mol. The van der Waals surface area contributed by atoms with Crippen LogP contribution >= 0.6 is 46.4 Å². The smallest absolute Gasteiger partial charge is 0.339 e. The molecule has 0 spiro atoms. The Hall–Kier alpha value is -6.50. The van der Waals surface area contributed by atoms with Gasteiger partial charge in [-0.1, -0.05) is 131 Å². The van der Waals surface area contributed by atoms with Crippen LogP contribution in [-0.2, 0) is 19.5 Å². The van der Waals surface area contributed by atoms with Gasteiger partial charge in [0.2, 0.25) is 0 Å². The Bertz CT molecular complexity index is 2760. The van der Waals surface area contributed by atoms with Crippen LogP contribution in [0, 0.1) is 0 Å². The van der Waals surface area contributed by atoms with Crippen LogP contribution in [0.1, 0.15) is 43.0 Å². The number of phenols is 2. The number of rotatable bonds is 10. The third kappa shape index (κ3) is 11.1. The summed E-state index contributed by atoms with van der Waals surface area (Å²) in [5.41, 5.74) is 13.3. The molecule has 0 unspecified atom stereocenters. The van der Waals surface area contributed by atoms with Crippen molar-refractivity contribution in [2.45, 2.75) is 19.5 Å². The minimum Gasteiger partial charge on any atom is -0.507 e. The lowest BCUT2D eigenvalue weighted by Gasteiger charge is -2.16. The number of carboxylic acid groups (broad SMARTS) is 2. The molecule has 0 atom stereocenters. The Kier molecular flexibility index (Phi) is 15.4. The molecule has 0 aliphatic carbocycles. The van der Waals surface area contributed by atoms with Crippen molar-refractivity contribution in [3.8, 4) is 34.5 Å². The maximum Gasteiger partial charge on any atom is 0.339 e. The number of aromatic hydroxyl groups is 2. The zero-order valence-electron chi connectivity index (χ0n) is 33.1. The molecule has 0 aromatic heterocycles. The fourth-order valence-corrected chi connectivity index (χ4v) is 7.14. The first-order valence-electron chi connectivity index (χ1n) is 19.0. The van der Waals surface area contributed by atoms with E-state index in [0.717, 1.165) is 22.6 Å². The van der Waals surface area contributed by atoms with Crippen molar-refractivity contribution in [2.24, 2.45) is 11.5 Å². The largest absolute Gasteiger partial charge is 0.507 e. The van der Waals surface area contributed by atoms with E-state index in [1.165, 1.54) is 12.1 Å². The maximum atomic E-state index is 11.6. The molecule has 63 heavy (non-hydrogen) atoms. The lowest BCUT2D eigenvalue weighted by Crippen LogP contribution is -2.04. The molecular formula is C49H38Cl4N2O8. The first-order valence-corrected chi connectivity index (χ1v) is 20.6. The van der Waals surface area contributed by atoms with E-state index in [9.17, 15) is 30.0 Å². The number of fused-ring (bicyclic) bond motifs is 2. The third-order valence-corrected chi connectivity index (χ3v) is 11.2. The molecule has 14 heteroatoms. The minimum absolute atomic E-state index is 0.0407. The fraction of sp³-hybridized carbons (Fsp3) is 0.0612. The predicted octanol–water partition coefficient (Wildman–Crippen LogP) is 12.9. The average molecular weight is 925 g/mol. The molecule has 0 aliphatic heterocycles. The molecule has 320 valence electrons. The number of benzene rings is 8. The van der Waals surface area contributed by atoms with Gasteiger partial charge >= 0.3 is 11.9 Å². The highest BCUT2D eigenvalue weighted by molar-refractivity contribution is 6.42. The summed E-state index contributed by atoms with van der Waals surface area (Å²) in [6.45, 7) is 0.856. The van der Waals surface area contributed by atoms with Crippen molar-refractivity contribution >= 4 is 79.9 Å². The average Bonchev–Trinajstić information content (AvgIpc) is 3.28. The van der Waals surface area contributed by atoms with Crippen molar-refractivity contribution in [3.63, 3.8) is 0 Å². The van der Waals surface area contributed by atoms with E-state index in [4.69, 9.17) is 67.3 Å². The van der Waals surface area contributed by atoms with Gasteiger partial charge in [0.1, 0.15) is 45.6 Å². The fourth-order valence-electron chi connectivity index (χ4n) is 6.56. The molecule has 0 heterocycles. The van der Waals surface area contributed by atoms with Crippen LogP contribution in [0.2, 0.25) is 20.1 Å². The van der Waals surface area contributed by atoms with E-state index in [-0.39, 0.29) is 17.5 Å². The number of carbonyl (C=O) groups is 2. The van der Waals surface area contributed by atoms with Crippen LogP contribution in [0.15, 0.2) is 146 Å². The molecule has 10 nitrogen and oxygen atoms in total. The molecule has 8 aromatic carbocycles. The van der Waals surface area contributed by atoms with E-state index in [1.807, 2.05) is 48.5 Å². The van der Waals surface area contributed by atoms with Gasteiger partial charge < -0.3 is 41.4 Å². The molecule has 0 bridgehead atoms. The molecule has 0 aliphatic rings. The third-order valence-electron chi connectivity index (χ3n) is 9.69. The van der Waals surface area contributed by atoms with Crippen LogP contribution in [0.5, 0.6) is 34.5 Å². The molecule has 8 aromatic rings. The summed E-state index contributed by atoms with van der Waals surface area (Å²) in [4.78, 5) is 23.2. The second-order valence-electron chi connectivity index (χ2n) is 13.7. The zero-order chi connectivity index (χ0) is 45.2. The highest BCUT2D eigenvalue weighted by Crippen LogP contribution is 2.39. The van der Waals surface area contributed by atoms with Crippen molar-refractivity contribution in [3.05, 3.63) is 199 Å². The van der Waals surface area contributed by atoms with E-state index >= 15 is 0 Å². The second kappa shape index (κ2) is 21.0. The van der Waals surface area contributed by atoms with Gasteiger partial charge in [-0.25, -0.2) is 9.59 Å². The lowest BCUT2D eigenvalue weighted by molar-refractivity contribution is 0.0682. The Morgan fingerprint density at radius 3 is 1.21 bits per heavy atom. The first-order chi connectivity index (χ1) is 30.3. The van der Waals surface area contributed by atoms with Crippen molar-refractivity contribution in [1.82, 2.24) is 0 Å². The van der Waals surface area contributed by atoms with Crippen molar-refractivity contribution in [2.75, 3.05) is 0 Å². The Labute approximate surface area is 382 Å². The van der Waals surface area contributed by atoms with Gasteiger partial charge in [-0.15, -0.1) is 0 Å². The van der Waals surface area contributed by atoms with Crippen molar-refractivity contribution < 1.29 is 39.5 Å². The molecule has 0 saturated heterocycles. The van der Waals surface area contributed by atoms with E-state index < -0.39 is 23.4 Å². The summed E-state index contributed by atoms with van der Waals surface area (Å²) >= 11 is 23.5. The molecule has 0 saturated carbocycles. The number of aromatic carboxylic acids is 2. The van der Waals surface area contributed by atoms with E-state index in [0.29, 0.717) is 77.4 Å². The van der Waals surface area contributed by atoms with Gasteiger partial charge in [0.15, 0.2) is 0 Å². The SMILES string of the molecule is NCc1ccccc1Oc1ccc(Cl)c(Cl)c1.NCc1ccccc1Oc1ccc(Cl)c(Cl)c1.O=C(O)c1cc2ccccc2c(Cc2c(O)c(C(=O)O)cc3ccccc23)c1O. The number of hydrogen-bond donors (Lipinski definition) is 6. The number of ether oxygens (including phenoxy) is 2. The van der Waals surface area contributed by atoms with E-state index in [2.05, 4.69) is 0 Å². The Balaban J connectivity index is 0.000000167. The van der Waals surface area contributed by atoms with Gasteiger partial charge in [-0.2, -0.15) is 0 Å². The van der Waals surface area contributed by atoms with Gasteiger partial charge in [-0.3, -0.25) is 0 Å². The summed E-state index contributed by atoms with van der Waals surface area (Å²) < 4.78 is 11.4. The van der Waals surface area contributed by atoms with Crippen LogP contribution in [-0.4, -0.2) is 32.4 Å². The van der Waals surface area contributed by atoms with Crippen LogP contribution in [0.3, 0.4) is 0 Å². The first kappa shape index (κ1) is 46.0. The van der Waals surface area contributed by atoms with Crippen LogP contribution < -0.4 is 20.9 Å². The molecule has 0 amide bonds. The molecule has 0 radical (unpaired) electrons. The Morgan fingerprint density at radius 1 is 0.476 bits per heavy atom. The summed E-state index contributed by atoms with van der Waals surface area (Å²) in [6.07, 6.45) is -0.0407. The highest BCUT2D eigenvalue weighted by atomic mass is 35.5. The highest BCUT2D eigenvalue weighted by Gasteiger charge is 2.22. The van der Waals surface area contributed by atoms with Crippen molar-refractivity contribution in [1.29, 1.82) is 0 Å². The van der Waals surface area contributed by atoms with E-state index in [1.54, 1.807) is 84.9 Å². The maximum absolute atomic E-state index is 11.6. The minimum atomic E-state index is -1.28. The molecule has 0 fully saturated rings. The second-order valence-corrected chi connectivity index (χ2v) is 15.3. The summed E-state index contributed by atoms with van der Waals surface area (Å²) in [6, 6.07) is 42.3. The van der Waals surface area contributed by atoms with Gasteiger partial charge in [-0.05, 0) is 70.1 Å². The molecule has 8 N–H and O–H groups in total. The summed E-state index contributed by atoms with van der Waals surface area (Å²) in [7, 11) is 0. The number of halogens is 4. The quantitative estimate of drug-likeness (QED) is 0.0771. The van der Waals surface area contributed by atoms with Gasteiger partial charge in [0.05, 0.1) is 20.1 Å². The number of carboxylic acids is 2. The number of hydrogen-bond acceptors (Lipinski definition) is 8. The topological polar surface area (TPSA) is 186 Å².